The van der Waals surface area contributed by atoms with Gasteiger partial charge in [0.1, 0.15) is 0 Å². The van der Waals surface area contributed by atoms with Crippen LogP contribution in [0, 0.1) is 11.3 Å². The Morgan fingerprint density at radius 2 is 2.41 bits per heavy atom. The first-order valence-corrected chi connectivity index (χ1v) is 6.83. The topological polar surface area (TPSA) is 44.1 Å². The van der Waals surface area contributed by atoms with Gasteiger partial charge in [-0.3, -0.25) is 4.79 Å². The van der Waals surface area contributed by atoms with Crippen LogP contribution >= 0.6 is 11.3 Å². The fraction of sp³-hybridized carbons (Fsp3) is 0.538. The molecular weight excluding hydrogens is 232 g/mol. The molecule has 0 saturated heterocycles. The minimum absolute atomic E-state index is 0.166. The van der Waals surface area contributed by atoms with E-state index < -0.39 is 0 Å². The first kappa shape index (κ1) is 13.7. The molecule has 3 nitrogen and oxygen atoms in total. The highest BCUT2D eigenvalue weighted by atomic mass is 32.1. The lowest BCUT2D eigenvalue weighted by Crippen LogP contribution is -2.31. The predicted molar refractivity (Wildman–Crippen MR) is 69.7 cm³/mol. The summed E-state index contributed by atoms with van der Waals surface area (Å²) in [5.41, 5.74) is 0. The fourth-order valence-electron chi connectivity index (χ4n) is 1.67. The van der Waals surface area contributed by atoms with Crippen LogP contribution in [0.25, 0.3) is 0 Å². The van der Waals surface area contributed by atoms with E-state index in [9.17, 15) is 4.79 Å². The number of hydrogen-bond acceptors (Lipinski definition) is 3. The highest BCUT2D eigenvalue weighted by Crippen LogP contribution is 2.12. The van der Waals surface area contributed by atoms with Gasteiger partial charge in [-0.2, -0.15) is 5.26 Å². The van der Waals surface area contributed by atoms with Gasteiger partial charge < -0.3 is 4.90 Å². The Hall–Kier alpha value is -1.34. The van der Waals surface area contributed by atoms with Crippen LogP contribution in [-0.4, -0.2) is 23.9 Å². The second kappa shape index (κ2) is 7.86. The zero-order chi connectivity index (χ0) is 12.5. The van der Waals surface area contributed by atoms with E-state index in [0.29, 0.717) is 25.9 Å². The Morgan fingerprint density at radius 3 is 3.00 bits per heavy atom. The normalized spacial score (nSPS) is 9.88. The molecule has 0 aliphatic rings. The van der Waals surface area contributed by atoms with Gasteiger partial charge in [0.25, 0.3) is 0 Å². The van der Waals surface area contributed by atoms with Gasteiger partial charge in [-0.1, -0.05) is 6.07 Å². The van der Waals surface area contributed by atoms with Gasteiger partial charge in [0.2, 0.25) is 5.91 Å². The second-order valence-corrected chi connectivity index (χ2v) is 4.85. The summed E-state index contributed by atoms with van der Waals surface area (Å²) >= 11 is 1.73. The third-order valence-corrected chi connectivity index (χ3v) is 3.56. The van der Waals surface area contributed by atoms with E-state index in [1.54, 1.807) is 16.2 Å². The van der Waals surface area contributed by atoms with E-state index >= 15 is 0 Å². The molecule has 1 aromatic heterocycles. The van der Waals surface area contributed by atoms with Crippen molar-refractivity contribution in [2.45, 2.75) is 32.6 Å². The molecular formula is C13H18N2OS. The molecule has 17 heavy (non-hydrogen) atoms. The number of carbonyl (C=O) groups excluding carboxylic acids is 1. The molecule has 1 heterocycles. The van der Waals surface area contributed by atoms with Crippen molar-refractivity contribution in [3.8, 4) is 6.07 Å². The van der Waals surface area contributed by atoms with Crippen molar-refractivity contribution < 1.29 is 4.79 Å². The number of aryl methyl sites for hydroxylation is 1. The molecule has 0 bridgehead atoms. The molecule has 0 spiro atoms. The van der Waals surface area contributed by atoms with Gasteiger partial charge in [0.05, 0.1) is 12.5 Å². The Balaban J connectivity index is 2.25. The summed E-state index contributed by atoms with van der Waals surface area (Å²) in [5.74, 6) is 0.166. The minimum atomic E-state index is 0.166. The van der Waals surface area contributed by atoms with Crippen molar-refractivity contribution in [1.82, 2.24) is 4.90 Å². The highest BCUT2D eigenvalue weighted by molar-refractivity contribution is 7.09. The highest BCUT2D eigenvalue weighted by Gasteiger charge is 2.10. The fourth-order valence-corrected chi connectivity index (χ4v) is 2.42. The van der Waals surface area contributed by atoms with E-state index in [1.807, 2.05) is 13.0 Å². The second-order valence-electron chi connectivity index (χ2n) is 3.81. The molecule has 0 unspecified atom stereocenters. The SMILES string of the molecule is CCN(CCC#N)C(=O)CCCc1cccs1. The van der Waals surface area contributed by atoms with Crippen molar-refractivity contribution in [2.75, 3.05) is 13.1 Å². The van der Waals surface area contributed by atoms with E-state index in [2.05, 4.69) is 17.5 Å². The predicted octanol–water partition coefficient (Wildman–Crippen LogP) is 2.83. The van der Waals surface area contributed by atoms with E-state index in [4.69, 9.17) is 5.26 Å². The number of amides is 1. The zero-order valence-corrected chi connectivity index (χ0v) is 11.0. The number of thiophene rings is 1. The van der Waals surface area contributed by atoms with Crippen LogP contribution in [0.2, 0.25) is 0 Å². The van der Waals surface area contributed by atoms with Crippen molar-refractivity contribution in [3.63, 3.8) is 0 Å². The van der Waals surface area contributed by atoms with E-state index in [-0.39, 0.29) is 5.91 Å². The van der Waals surface area contributed by atoms with Gasteiger partial charge in [-0.25, -0.2) is 0 Å². The Bertz CT molecular complexity index is 367. The summed E-state index contributed by atoms with van der Waals surface area (Å²) in [6.45, 7) is 3.21. The van der Waals surface area contributed by atoms with Crippen LogP contribution in [0.5, 0.6) is 0 Å². The average molecular weight is 250 g/mol. The summed E-state index contributed by atoms with van der Waals surface area (Å²) < 4.78 is 0. The molecule has 0 aliphatic heterocycles. The van der Waals surface area contributed by atoms with Crippen molar-refractivity contribution >= 4 is 17.2 Å². The lowest BCUT2D eigenvalue weighted by atomic mass is 10.2. The third-order valence-electron chi connectivity index (χ3n) is 2.62. The van der Waals surface area contributed by atoms with Gasteiger partial charge >= 0.3 is 0 Å². The molecule has 0 aliphatic carbocycles. The molecule has 0 N–H and O–H groups in total. The number of rotatable bonds is 7. The van der Waals surface area contributed by atoms with E-state index in [0.717, 1.165) is 12.8 Å². The molecule has 0 saturated carbocycles. The molecule has 1 rings (SSSR count). The van der Waals surface area contributed by atoms with Crippen LogP contribution in [0.1, 0.15) is 31.1 Å². The van der Waals surface area contributed by atoms with Gasteiger partial charge in [0.15, 0.2) is 0 Å². The summed E-state index contributed by atoms with van der Waals surface area (Å²) in [6, 6.07) is 6.21. The van der Waals surface area contributed by atoms with Crippen molar-refractivity contribution in [1.29, 1.82) is 5.26 Å². The van der Waals surface area contributed by atoms with Gasteiger partial charge in [0, 0.05) is 24.4 Å². The molecule has 1 aromatic rings. The Morgan fingerprint density at radius 1 is 1.59 bits per heavy atom. The van der Waals surface area contributed by atoms with Crippen LogP contribution in [0.4, 0.5) is 0 Å². The van der Waals surface area contributed by atoms with Crippen LogP contribution in [0.3, 0.4) is 0 Å². The first-order valence-electron chi connectivity index (χ1n) is 5.95. The number of hydrogen-bond donors (Lipinski definition) is 0. The maximum absolute atomic E-state index is 11.8. The zero-order valence-electron chi connectivity index (χ0n) is 10.2. The van der Waals surface area contributed by atoms with E-state index in [1.165, 1.54) is 4.88 Å². The third kappa shape index (κ3) is 5.01. The Labute approximate surface area is 107 Å². The van der Waals surface area contributed by atoms with Crippen LogP contribution in [0.15, 0.2) is 17.5 Å². The minimum Gasteiger partial charge on any atom is -0.342 e. The summed E-state index contributed by atoms with van der Waals surface area (Å²) in [6.07, 6.45) is 2.86. The van der Waals surface area contributed by atoms with Gasteiger partial charge in [-0.05, 0) is 31.2 Å². The maximum Gasteiger partial charge on any atom is 0.222 e. The smallest absolute Gasteiger partial charge is 0.222 e. The summed E-state index contributed by atoms with van der Waals surface area (Å²) in [7, 11) is 0. The quantitative estimate of drug-likeness (QED) is 0.747. The monoisotopic (exact) mass is 250 g/mol. The summed E-state index contributed by atoms with van der Waals surface area (Å²) in [4.78, 5) is 14.9. The molecule has 0 fully saturated rings. The number of nitrogens with zero attached hydrogens (tertiary/aromatic N) is 2. The van der Waals surface area contributed by atoms with Crippen molar-refractivity contribution in [2.24, 2.45) is 0 Å². The number of nitriles is 1. The molecule has 0 aromatic carbocycles. The molecule has 1 amide bonds. The maximum atomic E-state index is 11.8. The van der Waals surface area contributed by atoms with Crippen LogP contribution in [-0.2, 0) is 11.2 Å². The molecule has 4 heteroatoms. The first-order chi connectivity index (χ1) is 8.27. The lowest BCUT2D eigenvalue weighted by molar-refractivity contribution is -0.131. The molecule has 92 valence electrons. The average Bonchev–Trinajstić information content (AvgIpc) is 2.83. The lowest BCUT2D eigenvalue weighted by Gasteiger charge is -2.19. The van der Waals surface area contributed by atoms with Gasteiger partial charge in [-0.15, -0.1) is 11.3 Å². The van der Waals surface area contributed by atoms with Crippen LogP contribution < -0.4 is 0 Å². The van der Waals surface area contributed by atoms with Crippen molar-refractivity contribution in [3.05, 3.63) is 22.4 Å². The Kier molecular flexibility index (Phi) is 6.34. The largest absolute Gasteiger partial charge is 0.342 e. The standard InChI is InChI=1S/C13H18N2OS/c1-2-15(10-5-9-14)13(16)8-3-6-12-7-4-11-17-12/h4,7,11H,2-3,5-6,8,10H2,1H3. The molecule has 0 radical (unpaired) electrons. The molecule has 0 atom stereocenters. The summed E-state index contributed by atoms with van der Waals surface area (Å²) in [5, 5.41) is 10.6. The number of carbonyl (C=O) groups is 1.